The number of carbonyl (C=O) groups is 1. The molecule has 1 fully saturated rings. The van der Waals surface area contributed by atoms with Gasteiger partial charge in [-0.1, -0.05) is 0 Å². The fraction of sp³-hybridized carbons (Fsp3) is 0.250. The number of hydrogen-bond acceptors (Lipinski definition) is 3. The monoisotopic (exact) mass is 472 g/mol. The molecule has 0 bridgehead atoms. The van der Waals surface area contributed by atoms with E-state index in [0.717, 1.165) is 20.0 Å². The topological polar surface area (TPSA) is 42.4 Å². The predicted molar refractivity (Wildman–Crippen MR) is 96.0 cm³/mol. The number of benzene rings is 1. The molecule has 6 heteroatoms. The number of rotatable bonds is 3. The molecule has 0 radical (unpaired) electrons. The molecule has 0 aliphatic carbocycles. The van der Waals surface area contributed by atoms with Gasteiger partial charge in [0.2, 0.25) is 5.88 Å². The lowest BCUT2D eigenvalue weighted by Gasteiger charge is -2.17. The second-order valence-corrected chi connectivity index (χ2v) is 7.26. The van der Waals surface area contributed by atoms with Gasteiger partial charge in [-0.25, -0.2) is 4.98 Å². The smallest absolute Gasteiger partial charge is 0.253 e. The fourth-order valence-corrected chi connectivity index (χ4v) is 2.98. The largest absolute Gasteiger partial charge is 0.472 e. The maximum Gasteiger partial charge on any atom is 0.253 e. The summed E-state index contributed by atoms with van der Waals surface area (Å²) >= 11 is 5.58. The van der Waals surface area contributed by atoms with Crippen molar-refractivity contribution in [1.29, 1.82) is 0 Å². The van der Waals surface area contributed by atoms with E-state index in [9.17, 15) is 4.79 Å². The molecule has 4 nitrogen and oxygen atoms in total. The molecule has 1 aliphatic heterocycles. The van der Waals surface area contributed by atoms with Crippen LogP contribution in [0.4, 0.5) is 0 Å². The van der Waals surface area contributed by atoms with Gasteiger partial charge in [-0.15, -0.1) is 0 Å². The first kappa shape index (κ1) is 15.7. The minimum absolute atomic E-state index is 0.00136. The molecule has 1 atom stereocenters. The Hall–Kier alpha value is -1.15. The predicted octanol–water partition coefficient (Wildman–Crippen LogP) is 3.74. The molecule has 114 valence electrons. The first-order valence-corrected chi connectivity index (χ1v) is 8.82. The number of halogens is 2. The van der Waals surface area contributed by atoms with Crippen molar-refractivity contribution in [2.45, 2.75) is 12.5 Å². The number of aromatic nitrogens is 1. The Bertz CT molecular complexity index is 661. The summed E-state index contributed by atoms with van der Waals surface area (Å²) in [6, 6.07) is 11.4. The summed E-state index contributed by atoms with van der Waals surface area (Å²) in [6.45, 7) is 1.31. The van der Waals surface area contributed by atoms with E-state index in [-0.39, 0.29) is 12.0 Å². The van der Waals surface area contributed by atoms with Gasteiger partial charge >= 0.3 is 0 Å². The Kier molecular flexibility index (Phi) is 4.97. The highest BCUT2D eigenvalue weighted by Crippen LogP contribution is 2.20. The summed E-state index contributed by atoms with van der Waals surface area (Å²) in [4.78, 5) is 18.5. The van der Waals surface area contributed by atoms with Crippen molar-refractivity contribution in [3.05, 3.63) is 56.2 Å². The summed E-state index contributed by atoms with van der Waals surface area (Å²) in [5.41, 5.74) is 0.725. The number of pyridine rings is 1. The normalized spacial score (nSPS) is 17.5. The highest BCUT2D eigenvalue weighted by atomic mass is 127. The minimum atomic E-state index is 0.00136. The van der Waals surface area contributed by atoms with E-state index in [0.29, 0.717) is 19.0 Å². The lowest BCUT2D eigenvalue weighted by Crippen LogP contribution is -2.31. The van der Waals surface area contributed by atoms with Crippen LogP contribution < -0.4 is 4.74 Å². The molecule has 0 saturated carbocycles. The number of ether oxygens (including phenoxy) is 1. The molecule has 1 unspecified atom stereocenters. The highest BCUT2D eigenvalue weighted by molar-refractivity contribution is 14.1. The second kappa shape index (κ2) is 6.95. The third-order valence-electron chi connectivity index (χ3n) is 3.51. The Morgan fingerprint density at radius 1 is 1.27 bits per heavy atom. The van der Waals surface area contributed by atoms with Crippen molar-refractivity contribution >= 4 is 44.4 Å². The van der Waals surface area contributed by atoms with Crippen LogP contribution in [0.5, 0.6) is 5.88 Å². The number of hydrogen-bond donors (Lipinski definition) is 0. The van der Waals surface area contributed by atoms with Gasteiger partial charge in [0, 0.05) is 38.8 Å². The molecular formula is C16H14BrIN2O2. The van der Waals surface area contributed by atoms with Crippen LogP contribution in [-0.4, -0.2) is 35.0 Å². The number of amides is 1. The highest BCUT2D eigenvalue weighted by Gasteiger charge is 2.28. The fourth-order valence-electron chi connectivity index (χ4n) is 2.39. The minimum Gasteiger partial charge on any atom is -0.472 e. The van der Waals surface area contributed by atoms with Crippen molar-refractivity contribution in [1.82, 2.24) is 9.88 Å². The number of carbonyl (C=O) groups excluding carboxylic acids is 1. The van der Waals surface area contributed by atoms with Gasteiger partial charge in [-0.3, -0.25) is 4.79 Å². The van der Waals surface area contributed by atoms with Crippen LogP contribution in [-0.2, 0) is 0 Å². The first-order chi connectivity index (χ1) is 10.6. The molecule has 3 rings (SSSR count). The molecule has 22 heavy (non-hydrogen) atoms. The van der Waals surface area contributed by atoms with E-state index in [1.807, 2.05) is 41.3 Å². The summed E-state index contributed by atoms with van der Waals surface area (Å²) in [7, 11) is 0. The third-order valence-corrected chi connectivity index (χ3v) is 4.70. The van der Waals surface area contributed by atoms with Crippen molar-refractivity contribution < 1.29 is 9.53 Å². The van der Waals surface area contributed by atoms with E-state index in [1.54, 1.807) is 6.20 Å². The maximum atomic E-state index is 12.4. The molecule has 1 saturated heterocycles. The maximum absolute atomic E-state index is 12.4. The molecule has 0 N–H and O–H groups in total. The van der Waals surface area contributed by atoms with Crippen molar-refractivity contribution in [3.8, 4) is 5.88 Å². The van der Waals surface area contributed by atoms with Gasteiger partial charge in [0.15, 0.2) is 0 Å². The van der Waals surface area contributed by atoms with Crippen LogP contribution in [0.15, 0.2) is 47.1 Å². The van der Waals surface area contributed by atoms with E-state index in [4.69, 9.17) is 4.74 Å². The third kappa shape index (κ3) is 3.78. The molecule has 0 spiro atoms. The van der Waals surface area contributed by atoms with Gasteiger partial charge in [0.1, 0.15) is 6.10 Å². The van der Waals surface area contributed by atoms with Crippen molar-refractivity contribution in [3.63, 3.8) is 0 Å². The standard InChI is InChI=1S/C16H14BrIN2O2/c17-12-3-6-15(19-9-12)22-14-7-8-20(10-14)16(21)11-1-4-13(18)5-2-11/h1-6,9,14H,7-8,10H2. The van der Waals surface area contributed by atoms with E-state index in [2.05, 4.69) is 43.5 Å². The Balaban J connectivity index is 1.61. The SMILES string of the molecule is O=C(c1ccc(I)cc1)N1CCC(Oc2ccc(Br)cn2)C1. The number of likely N-dealkylation sites (tertiary alicyclic amines) is 1. The molecular weight excluding hydrogens is 459 g/mol. The zero-order valence-electron chi connectivity index (χ0n) is 11.7. The molecule has 1 aromatic carbocycles. The summed E-state index contributed by atoms with van der Waals surface area (Å²) in [5, 5.41) is 0. The lowest BCUT2D eigenvalue weighted by molar-refractivity contribution is 0.0771. The van der Waals surface area contributed by atoms with Crippen LogP contribution in [0, 0.1) is 3.57 Å². The Morgan fingerprint density at radius 2 is 2.05 bits per heavy atom. The van der Waals surface area contributed by atoms with E-state index in [1.165, 1.54) is 0 Å². The van der Waals surface area contributed by atoms with Crippen LogP contribution >= 0.6 is 38.5 Å². The summed E-state index contributed by atoms with van der Waals surface area (Å²) in [6.07, 6.45) is 2.54. The average molecular weight is 473 g/mol. The molecule has 2 heterocycles. The molecule has 1 aliphatic rings. The zero-order valence-corrected chi connectivity index (χ0v) is 15.5. The van der Waals surface area contributed by atoms with Crippen LogP contribution in [0.3, 0.4) is 0 Å². The summed E-state index contributed by atoms with van der Waals surface area (Å²) in [5.74, 6) is 0.656. The molecule has 1 amide bonds. The van der Waals surface area contributed by atoms with E-state index >= 15 is 0 Å². The summed E-state index contributed by atoms with van der Waals surface area (Å²) < 4.78 is 7.88. The average Bonchev–Trinajstić information content (AvgIpc) is 2.98. The van der Waals surface area contributed by atoms with Crippen LogP contribution in [0.1, 0.15) is 16.8 Å². The van der Waals surface area contributed by atoms with Gasteiger partial charge in [-0.05, 0) is 68.9 Å². The first-order valence-electron chi connectivity index (χ1n) is 6.95. The van der Waals surface area contributed by atoms with Crippen molar-refractivity contribution in [2.24, 2.45) is 0 Å². The van der Waals surface area contributed by atoms with Gasteiger partial charge in [-0.2, -0.15) is 0 Å². The molecule has 2 aromatic rings. The Labute approximate surface area is 151 Å². The van der Waals surface area contributed by atoms with Gasteiger partial charge < -0.3 is 9.64 Å². The van der Waals surface area contributed by atoms with E-state index < -0.39 is 0 Å². The van der Waals surface area contributed by atoms with Crippen LogP contribution in [0.2, 0.25) is 0 Å². The Morgan fingerprint density at radius 3 is 2.73 bits per heavy atom. The quantitative estimate of drug-likeness (QED) is 0.639. The lowest BCUT2D eigenvalue weighted by atomic mass is 10.2. The second-order valence-electron chi connectivity index (χ2n) is 5.10. The van der Waals surface area contributed by atoms with Crippen molar-refractivity contribution in [2.75, 3.05) is 13.1 Å². The number of nitrogens with zero attached hydrogens (tertiary/aromatic N) is 2. The zero-order chi connectivity index (χ0) is 15.5. The van der Waals surface area contributed by atoms with Gasteiger partial charge in [0.05, 0.1) is 6.54 Å². The van der Waals surface area contributed by atoms with Crippen LogP contribution in [0.25, 0.3) is 0 Å². The van der Waals surface area contributed by atoms with Gasteiger partial charge in [0.25, 0.3) is 5.91 Å². The molecule has 1 aromatic heterocycles.